The van der Waals surface area contributed by atoms with Crippen LogP contribution in [0.2, 0.25) is 0 Å². The standard InChI is InChI=1S/C21H24FNO5/c1-3-11-27-16-9-10-19(28-14-20(24)26-4-2)17(12-16)21(25)23-13-15-7-5-6-8-18(15)22/h5-10,12H,3-4,11,13-14H2,1-2H3,(H,23,25). The van der Waals surface area contributed by atoms with Gasteiger partial charge in [0.25, 0.3) is 5.91 Å². The summed E-state index contributed by atoms with van der Waals surface area (Å²) in [5.41, 5.74) is 0.553. The van der Waals surface area contributed by atoms with Crippen LogP contribution < -0.4 is 14.8 Å². The molecule has 2 rings (SSSR count). The monoisotopic (exact) mass is 389 g/mol. The molecule has 0 aliphatic carbocycles. The second kappa shape index (κ2) is 10.9. The summed E-state index contributed by atoms with van der Waals surface area (Å²) in [7, 11) is 0. The van der Waals surface area contributed by atoms with Crippen molar-refractivity contribution in [3.8, 4) is 11.5 Å². The molecule has 7 heteroatoms. The molecule has 0 unspecified atom stereocenters. The first-order chi connectivity index (χ1) is 13.5. The molecule has 2 aromatic rings. The zero-order valence-corrected chi connectivity index (χ0v) is 16.0. The molecule has 0 radical (unpaired) electrons. The Labute approximate surface area is 163 Å². The minimum Gasteiger partial charge on any atom is -0.494 e. The first-order valence-electron chi connectivity index (χ1n) is 9.12. The summed E-state index contributed by atoms with van der Waals surface area (Å²) in [6.07, 6.45) is 0.815. The smallest absolute Gasteiger partial charge is 0.344 e. The van der Waals surface area contributed by atoms with Crippen LogP contribution in [0.25, 0.3) is 0 Å². The molecular weight excluding hydrogens is 365 g/mol. The van der Waals surface area contributed by atoms with E-state index in [1.807, 2.05) is 6.92 Å². The lowest BCUT2D eigenvalue weighted by molar-refractivity contribution is -0.145. The SMILES string of the molecule is CCCOc1ccc(OCC(=O)OCC)c(C(=O)NCc2ccccc2F)c1. The molecule has 0 spiro atoms. The Morgan fingerprint density at radius 3 is 2.57 bits per heavy atom. The van der Waals surface area contributed by atoms with Gasteiger partial charge in [-0.05, 0) is 37.6 Å². The van der Waals surface area contributed by atoms with E-state index in [0.717, 1.165) is 6.42 Å². The van der Waals surface area contributed by atoms with Crippen molar-refractivity contribution in [2.45, 2.75) is 26.8 Å². The van der Waals surface area contributed by atoms with E-state index in [1.165, 1.54) is 12.1 Å². The molecular formula is C21H24FNO5. The van der Waals surface area contributed by atoms with Crippen LogP contribution in [0.3, 0.4) is 0 Å². The van der Waals surface area contributed by atoms with E-state index in [9.17, 15) is 14.0 Å². The minimum absolute atomic E-state index is 0.0167. The number of halogens is 1. The number of hydrogen-bond acceptors (Lipinski definition) is 5. The van der Waals surface area contributed by atoms with E-state index in [1.54, 1.807) is 37.3 Å². The summed E-state index contributed by atoms with van der Waals surface area (Å²) >= 11 is 0. The summed E-state index contributed by atoms with van der Waals surface area (Å²) in [5.74, 6) is -0.693. The van der Waals surface area contributed by atoms with E-state index >= 15 is 0 Å². The highest BCUT2D eigenvalue weighted by Crippen LogP contribution is 2.25. The largest absolute Gasteiger partial charge is 0.494 e. The van der Waals surface area contributed by atoms with Crippen molar-refractivity contribution in [3.63, 3.8) is 0 Å². The average molecular weight is 389 g/mol. The number of ether oxygens (including phenoxy) is 3. The van der Waals surface area contributed by atoms with Crippen LogP contribution in [0.5, 0.6) is 11.5 Å². The summed E-state index contributed by atoms with van der Waals surface area (Å²) in [6, 6.07) is 10.9. The molecule has 28 heavy (non-hydrogen) atoms. The van der Waals surface area contributed by atoms with Crippen molar-refractivity contribution in [2.75, 3.05) is 19.8 Å². The van der Waals surface area contributed by atoms with Gasteiger partial charge in [-0.2, -0.15) is 0 Å². The van der Waals surface area contributed by atoms with Gasteiger partial charge in [-0.15, -0.1) is 0 Å². The predicted octanol–water partition coefficient (Wildman–Crippen LogP) is 3.49. The van der Waals surface area contributed by atoms with Crippen LogP contribution >= 0.6 is 0 Å². The fraction of sp³-hybridized carbons (Fsp3) is 0.333. The number of carbonyl (C=O) groups excluding carboxylic acids is 2. The van der Waals surface area contributed by atoms with Gasteiger partial charge < -0.3 is 19.5 Å². The van der Waals surface area contributed by atoms with Gasteiger partial charge in [0.2, 0.25) is 0 Å². The summed E-state index contributed by atoms with van der Waals surface area (Å²) < 4.78 is 29.6. The second-order valence-electron chi connectivity index (χ2n) is 5.87. The van der Waals surface area contributed by atoms with Crippen LogP contribution in [-0.2, 0) is 16.1 Å². The molecule has 1 N–H and O–H groups in total. The van der Waals surface area contributed by atoms with E-state index in [2.05, 4.69) is 5.32 Å². The summed E-state index contributed by atoms with van der Waals surface area (Å²) in [5, 5.41) is 2.66. The highest BCUT2D eigenvalue weighted by molar-refractivity contribution is 5.97. The van der Waals surface area contributed by atoms with Gasteiger partial charge in [-0.1, -0.05) is 25.1 Å². The molecule has 1 amide bonds. The van der Waals surface area contributed by atoms with E-state index in [0.29, 0.717) is 17.9 Å². The Morgan fingerprint density at radius 2 is 1.86 bits per heavy atom. The van der Waals surface area contributed by atoms with Crippen molar-refractivity contribution >= 4 is 11.9 Å². The lowest BCUT2D eigenvalue weighted by Crippen LogP contribution is -2.24. The van der Waals surface area contributed by atoms with Gasteiger partial charge in [0.15, 0.2) is 6.61 Å². The van der Waals surface area contributed by atoms with Crippen LogP contribution in [0, 0.1) is 5.82 Å². The number of hydrogen-bond donors (Lipinski definition) is 1. The predicted molar refractivity (Wildman–Crippen MR) is 102 cm³/mol. The molecule has 2 aromatic carbocycles. The highest BCUT2D eigenvalue weighted by Gasteiger charge is 2.16. The maximum absolute atomic E-state index is 13.8. The zero-order valence-electron chi connectivity index (χ0n) is 16.0. The molecule has 0 saturated heterocycles. The van der Waals surface area contributed by atoms with Gasteiger partial charge >= 0.3 is 5.97 Å². The number of nitrogens with one attached hydrogen (secondary N) is 1. The van der Waals surface area contributed by atoms with Crippen LogP contribution in [0.4, 0.5) is 4.39 Å². The first kappa shape index (κ1) is 21.2. The Hall–Kier alpha value is -3.09. The third-order valence-electron chi connectivity index (χ3n) is 3.72. The Kier molecular flexibility index (Phi) is 8.27. The van der Waals surface area contributed by atoms with Gasteiger partial charge in [0.05, 0.1) is 18.8 Å². The lowest BCUT2D eigenvalue weighted by Gasteiger charge is -2.14. The van der Waals surface area contributed by atoms with Crippen molar-refractivity contribution in [2.24, 2.45) is 0 Å². The van der Waals surface area contributed by atoms with Gasteiger partial charge in [0, 0.05) is 12.1 Å². The molecule has 6 nitrogen and oxygen atoms in total. The molecule has 0 aromatic heterocycles. The zero-order chi connectivity index (χ0) is 20.4. The maximum Gasteiger partial charge on any atom is 0.344 e. The number of esters is 1. The maximum atomic E-state index is 13.8. The number of carbonyl (C=O) groups is 2. The van der Waals surface area contributed by atoms with Gasteiger partial charge in [-0.3, -0.25) is 4.79 Å². The van der Waals surface area contributed by atoms with Gasteiger partial charge in [0.1, 0.15) is 17.3 Å². The van der Waals surface area contributed by atoms with E-state index < -0.39 is 17.7 Å². The lowest BCUT2D eigenvalue weighted by atomic mass is 10.1. The Morgan fingerprint density at radius 1 is 1.07 bits per heavy atom. The van der Waals surface area contributed by atoms with E-state index in [4.69, 9.17) is 14.2 Å². The minimum atomic E-state index is -0.536. The van der Waals surface area contributed by atoms with Crippen molar-refractivity contribution in [1.82, 2.24) is 5.32 Å². The molecule has 0 saturated carbocycles. The van der Waals surface area contributed by atoms with Crippen molar-refractivity contribution < 1.29 is 28.2 Å². The Balaban J connectivity index is 2.15. The molecule has 0 atom stereocenters. The van der Waals surface area contributed by atoms with Crippen molar-refractivity contribution in [3.05, 3.63) is 59.4 Å². The van der Waals surface area contributed by atoms with Crippen molar-refractivity contribution in [1.29, 1.82) is 0 Å². The summed E-state index contributed by atoms with van der Waals surface area (Å²) in [4.78, 5) is 24.2. The molecule has 0 aliphatic rings. The van der Waals surface area contributed by atoms with Crippen LogP contribution in [0.1, 0.15) is 36.2 Å². The van der Waals surface area contributed by atoms with E-state index in [-0.39, 0.29) is 31.1 Å². The number of rotatable bonds is 10. The van der Waals surface area contributed by atoms with Crippen LogP contribution in [-0.4, -0.2) is 31.7 Å². The third-order valence-corrected chi connectivity index (χ3v) is 3.72. The topological polar surface area (TPSA) is 73.9 Å². The highest BCUT2D eigenvalue weighted by atomic mass is 19.1. The Bertz CT molecular complexity index is 809. The molecule has 0 fully saturated rings. The van der Waals surface area contributed by atoms with Crippen LogP contribution in [0.15, 0.2) is 42.5 Å². The molecule has 0 bridgehead atoms. The fourth-order valence-electron chi connectivity index (χ4n) is 2.37. The number of benzene rings is 2. The second-order valence-corrected chi connectivity index (χ2v) is 5.87. The molecule has 0 aliphatic heterocycles. The molecule has 150 valence electrons. The molecule has 0 heterocycles. The normalized spacial score (nSPS) is 10.2. The summed E-state index contributed by atoms with van der Waals surface area (Å²) in [6.45, 7) is 4.10. The number of amides is 1. The van der Waals surface area contributed by atoms with Gasteiger partial charge in [-0.25, -0.2) is 9.18 Å². The first-order valence-corrected chi connectivity index (χ1v) is 9.12. The quantitative estimate of drug-likeness (QED) is 0.630. The third kappa shape index (κ3) is 6.26. The average Bonchev–Trinajstić information content (AvgIpc) is 2.70. The fourth-order valence-corrected chi connectivity index (χ4v) is 2.37.